The quantitative estimate of drug-likeness (QED) is 0.789. The third-order valence-electron chi connectivity index (χ3n) is 2.08. The SMILES string of the molecule is CNCCNCc1ccc(C)cc1Br. The average Bonchev–Trinajstić information content (AvgIpc) is 2.15. The van der Waals surface area contributed by atoms with Gasteiger partial charge in [-0.15, -0.1) is 0 Å². The predicted octanol–water partition coefficient (Wildman–Crippen LogP) is 2.07. The molecule has 78 valence electrons. The minimum Gasteiger partial charge on any atom is -0.318 e. The lowest BCUT2D eigenvalue weighted by Crippen LogP contribution is -2.24. The Hall–Kier alpha value is -0.380. The van der Waals surface area contributed by atoms with Crippen LogP contribution in [0.2, 0.25) is 0 Å². The maximum Gasteiger partial charge on any atom is 0.0222 e. The summed E-state index contributed by atoms with van der Waals surface area (Å²) in [4.78, 5) is 0. The summed E-state index contributed by atoms with van der Waals surface area (Å²) in [6, 6.07) is 6.45. The van der Waals surface area contributed by atoms with E-state index in [1.807, 2.05) is 7.05 Å². The number of hydrogen-bond donors (Lipinski definition) is 2. The Bertz CT molecular complexity index is 287. The summed E-state index contributed by atoms with van der Waals surface area (Å²) in [6.45, 7) is 5.02. The van der Waals surface area contributed by atoms with Crippen LogP contribution in [0.3, 0.4) is 0 Å². The molecule has 0 radical (unpaired) electrons. The Kier molecular flexibility index (Phi) is 5.15. The average molecular weight is 257 g/mol. The Labute approximate surface area is 94.2 Å². The van der Waals surface area contributed by atoms with Gasteiger partial charge in [0.2, 0.25) is 0 Å². The molecule has 0 heterocycles. The molecule has 0 aromatic heterocycles. The minimum absolute atomic E-state index is 0.919. The molecule has 3 heteroatoms. The zero-order valence-corrected chi connectivity index (χ0v) is 10.3. The molecule has 2 N–H and O–H groups in total. The normalized spacial score (nSPS) is 10.5. The van der Waals surface area contributed by atoms with E-state index in [-0.39, 0.29) is 0 Å². The van der Waals surface area contributed by atoms with Gasteiger partial charge in [0.1, 0.15) is 0 Å². The van der Waals surface area contributed by atoms with E-state index in [0.29, 0.717) is 0 Å². The second-order valence-electron chi connectivity index (χ2n) is 3.38. The van der Waals surface area contributed by atoms with Crippen molar-refractivity contribution in [2.24, 2.45) is 0 Å². The van der Waals surface area contributed by atoms with Gasteiger partial charge in [-0.1, -0.05) is 28.1 Å². The van der Waals surface area contributed by atoms with Crippen LogP contribution in [0.25, 0.3) is 0 Å². The second kappa shape index (κ2) is 6.17. The van der Waals surface area contributed by atoms with Crippen LogP contribution in [-0.4, -0.2) is 20.1 Å². The third-order valence-corrected chi connectivity index (χ3v) is 2.81. The van der Waals surface area contributed by atoms with Crippen molar-refractivity contribution in [3.05, 3.63) is 33.8 Å². The maximum absolute atomic E-state index is 3.56. The Morgan fingerprint density at radius 1 is 1.29 bits per heavy atom. The second-order valence-corrected chi connectivity index (χ2v) is 4.23. The number of halogens is 1. The van der Waals surface area contributed by atoms with E-state index in [4.69, 9.17) is 0 Å². The van der Waals surface area contributed by atoms with E-state index < -0.39 is 0 Å². The van der Waals surface area contributed by atoms with E-state index in [1.54, 1.807) is 0 Å². The lowest BCUT2D eigenvalue weighted by molar-refractivity contribution is 0.649. The number of nitrogens with one attached hydrogen (secondary N) is 2. The fraction of sp³-hybridized carbons (Fsp3) is 0.455. The molecule has 1 rings (SSSR count). The molecule has 0 unspecified atom stereocenters. The third kappa shape index (κ3) is 3.78. The molecule has 0 saturated heterocycles. The van der Waals surface area contributed by atoms with Crippen LogP contribution >= 0.6 is 15.9 Å². The molecule has 2 nitrogen and oxygen atoms in total. The van der Waals surface area contributed by atoms with E-state index in [2.05, 4.69) is 51.7 Å². The molecule has 0 amide bonds. The molecule has 0 aliphatic heterocycles. The molecule has 1 aromatic carbocycles. The van der Waals surface area contributed by atoms with Crippen molar-refractivity contribution in [2.45, 2.75) is 13.5 Å². The molecular weight excluding hydrogens is 240 g/mol. The maximum atomic E-state index is 3.56. The van der Waals surface area contributed by atoms with Gasteiger partial charge in [0.15, 0.2) is 0 Å². The molecule has 0 spiro atoms. The molecule has 1 aromatic rings. The van der Waals surface area contributed by atoms with Crippen LogP contribution in [-0.2, 0) is 6.54 Å². The van der Waals surface area contributed by atoms with Crippen LogP contribution in [0.4, 0.5) is 0 Å². The summed E-state index contributed by atoms with van der Waals surface area (Å²) in [6.07, 6.45) is 0. The van der Waals surface area contributed by atoms with Crippen LogP contribution in [0.1, 0.15) is 11.1 Å². The summed E-state index contributed by atoms with van der Waals surface area (Å²) < 4.78 is 1.19. The molecule has 0 fully saturated rings. The first-order chi connectivity index (χ1) is 6.74. The lowest BCUT2D eigenvalue weighted by Gasteiger charge is -2.07. The van der Waals surface area contributed by atoms with Gasteiger partial charge >= 0.3 is 0 Å². The first kappa shape index (κ1) is 11.7. The van der Waals surface area contributed by atoms with Crippen LogP contribution in [0, 0.1) is 6.92 Å². The molecule has 0 atom stereocenters. The lowest BCUT2D eigenvalue weighted by atomic mass is 10.1. The summed E-state index contributed by atoms with van der Waals surface area (Å²) in [5, 5.41) is 6.47. The molecule has 0 aliphatic carbocycles. The Morgan fingerprint density at radius 2 is 2.07 bits per heavy atom. The molecule has 0 saturated carbocycles. The number of hydrogen-bond acceptors (Lipinski definition) is 2. The minimum atomic E-state index is 0.919. The first-order valence-corrected chi connectivity index (χ1v) is 5.63. The number of benzene rings is 1. The van der Waals surface area contributed by atoms with Crippen molar-refractivity contribution in [1.29, 1.82) is 0 Å². The van der Waals surface area contributed by atoms with Crippen molar-refractivity contribution in [3.63, 3.8) is 0 Å². The van der Waals surface area contributed by atoms with Crippen molar-refractivity contribution >= 4 is 15.9 Å². The van der Waals surface area contributed by atoms with Crippen molar-refractivity contribution in [3.8, 4) is 0 Å². The van der Waals surface area contributed by atoms with Crippen LogP contribution in [0.15, 0.2) is 22.7 Å². The number of rotatable bonds is 5. The number of likely N-dealkylation sites (N-methyl/N-ethyl adjacent to an activating group) is 1. The van der Waals surface area contributed by atoms with Crippen LogP contribution < -0.4 is 10.6 Å². The van der Waals surface area contributed by atoms with Gasteiger partial charge < -0.3 is 10.6 Å². The highest BCUT2D eigenvalue weighted by Crippen LogP contribution is 2.17. The fourth-order valence-electron chi connectivity index (χ4n) is 1.23. The summed E-state index contributed by atoms with van der Waals surface area (Å²) in [5.41, 5.74) is 2.60. The Balaban J connectivity index is 2.42. The van der Waals surface area contributed by atoms with Gasteiger partial charge in [-0.3, -0.25) is 0 Å². The van der Waals surface area contributed by atoms with Gasteiger partial charge in [-0.25, -0.2) is 0 Å². The molecule has 0 aliphatic rings. The largest absolute Gasteiger partial charge is 0.318 e. The molecular formula is C11H17BrN2. The smallest absolute Gasteiger partial charge is 0.0222 e. The first-order valence-electron chi connectivity index (χ1n) is 4.84. The zero-order chi connectivity index (χ0) is 10.4. The van der Waals surface area contributed by atoms with E-state index >= 15 is 0 Å². The summed E-state index contributed by atoms with van der Waals surface area (Å²) in [7, 11) is 1.96. The predicted molar refractivity (Wildman–Crippen MR) is 64.5 cm³/mol. The topological polar surface area (TPSA) is 24.1 Å². The van der Waals surface area contributed by atoms with Crippen molar-refractivity contribution in [1.82, 2.24) is 10.6 Å². The van der Waals surface area contributed by atoms with E-state index in [9.17, 15) is 0 Å². The zero-order valence-electron chi connectivity index (χ0n) is 8.73. The van der Waals surface area contributed by atoms with Crippen molar-refractivity contribution < 1.29 is 0 Å². The molecule has 0 bridgehead atoms. The highest BCUT2D eigenvalue weighted by atomic mass is 79.9. The Morgan fingerprint density at radius 3 is 2.71 bits per heavy atom. The van der Waals surface area contributed by atoms with Gasteiger partial charge in [0, 0.05) is 24.1 Å². The fourth-order valence-corrected chi connectivity index (χ4v) is 1.87. The van der Waals surface area contributed by atoms with Gasteiger partial charge in [0.25, 0.3) is 0 Å². The molecule has 14 heavy (non-hydrogen) atoms. The standard InChI is InChI=1S/C11H17BrN2/c1-9-3-4-10(11(12)7-9)8-14-6-5-13-2/h3-4,7,13-14H,5-6,8H2,1-2H3. The van der Waals surface area contributed by atoms with Gasteiger partial charge in [-0.05, 0) is 31.2 Å². The van der Waals surface area contributed by atoms with E-state index in [0.717, 1.165) is 19.6 Å². The number of aryl methyl sites for hydroxylation is 1. The highest BCUT2D eigenvalue weighted by molar-refractivity contribution is 9.10. The van der Waals surface area contributed by atoms with Crippen LogP contribution in [0.5, 0.6) is 0 Å². The summed E-state index contributed by atoms with van der Waals surface area (Å²) >= 11 is 3.56. The highest BCUT2D eigenvalue weighted by Gasteiger charge is 1.98. The monoisotopic (exact) mass is 256 g/mol. The van der Waals surface area contributed by atoms with E-state index in [1.165, 1.54) is 15.6 Å². The summed E-state index contributed by atoms with van der Waals surface area (Å²) in [5.74, 6) is 0. The van der Waals surface area contributed by atoms with Gasteiger partial charge in [0.05, 0.1) is 0 Å². The van der Waals surface area contributed by atoms with Crippen molar-refractivity contribution in [2.75, 3.05) is 20.1 Å². The van der Waals surface area contributed by atoms with Gasteiger partial charge in [-0.2, -0.15) is 0 Å².